The first-order valence-corrected chi connectivity index (χ1v) is 11.3. The van der Waals surface area contributed by atoms with Crippen molar-refractivity contribution >= 4 is 32.7 Å². The van der Waals surface area contributed by atoms with Gasteiger partial charge < -0.3 is 22.9 Å². The van der Waals surface area contributed by atoms with Crippen LogP contribution in [-0.2, 0) is 7.05 Å². The van der Waals surface area contributed by atoms with Gasteiger partial charge in [-0.2, -0.15) is 0 Å². The Hall–Kier alpha value is -4.78. The third kappa shape index (κ3) is 3.28. The van der Waals surface area contributed by atoms with Gasteiger partial charge in [0, 0.05) is 30.0 Å². The largest absolute Gasteiger partial charge is 0.496 e. The zero-order chi connectivity index (χ0) is 25.0. The van der Waals surface area contributed by atoms with Crippen LogP contribution in [0.5, 0.6) is 11.5 Å². The van der Waals surface area contributed by atoms with Crippen molar-refractivity contribution in [1.29, 1.82) is 0 Å². The van der Waals surface area contributed by atoms with Gasteiger partial charge in [-0.25, -0.2) is 9.59 Å². The van der Waals surface area contributed by atoms with Crippen LogP contribution in [0.3, 0.4) is 0 Å². The molecule has 3 aromatic carbocycles. The number of aromatic nitrogens is 1. The Morgan fingerprint density at radius 2 is 1.39 bits per heavy atom. The van der Waals surface area contributed by atoms with E-state index < -0.39 is 11.3 Å². The van der Waals surface area contributed by atoms with E-state index in [4.69, 9.17) is 18.3 Å². The van der Waals surface area contributed by atoms with Gasteiger partial charge in [0.05, 0.1) is 42.1 Å². The minimum Gasteiger partial charge on any atom is -0.496 e. The van der Waals surface area contributed by atoms with Crippen LogP contribution in [0.1, 0.15) is 0 Å². The molecule has 7 nitrogen and oxygen atoms in total. The summed E-state index contributed by atoms with van der Waals surface area (Å²) in [6.45, 7) is 0. The smallest absolute Gasteiger partial charge is 0.345 e. The van der Waals surface area contributed by atoms with Crippen molar-refractivity contribution in [3.8, 4) is 34.0 Å². The Kier molecular flexibility index (Phi) is 4.93. The number of hydrogen-bond acceptors (Lipinski definition) is 6. The molecule has 6 rings (SSSR count). The van der Waals surface area contributed by atoms with E-state index in [-0.39, 0.29) is 0 Å². The monoisotopic (exact) mass is 479 g/mol. The predicted molar refractivity (Wildman–Crippen MR) is 139 cm³/mol. The van der Waals surface area contributed by atoms with Crippen molar-refractivity contribution in [1.82, 2.24) is 4.57 Å². The number of hydrogen-bond donors (Lipinski definition) is 0. The Morgan fingerprint density at radius 3 is 2.14 bits per heavy atom. The highest BCUT2D eigenvalue weighted by Crippen LogP contribution is 2.34. The van der Waals surface area contributed by atoms with Crippen LogP contribution in [0.15, 0.2) is 91.2 Å². The summed E-state index contributed by atoms with van der Waals surface area (Å²) in [5.74, 6) is 1.04. The molecule has 0 aliphatic rings. The summed E-state index contributed by atoms with van der Waals surface area (Å²) in [5.41, 5.74) is 1.90. The molecule has 0 saturated carbocycles. The van der Waals surface area contributed by atoms with Crippen molar-refractivity contribution in [3.63, 3.8) is 0 Å². The average Bonchev–Trinajstić information content (AvgIpc) is 3.27. The van der Waals surface area contributed by atoms with Crippen molar-refractivity contribution < 1.29 is 18.3 Å². The van der Waals surface area contributed by atoms with E-state index in [9.17, 15) is 9.59 Å². The molecule has 0 N–H and O–H groups in total. The summed E-state index contributed by atoms with van der Waals surface area (Å²) in [4.78, 5) is 26.0. The molecule has 178 valence electrons. The van der Waals surface area contributed by atoms with Crippen LogP contribution in [0, 0.1) is 0 Å². The molecular formula is C29H21NO6. The zero-order valence-corrected chi connectivity index (χ0v) is 19.8. The van der Waals surface area contributed by atoms with E-state index in [1.54, 1.807) is 49.1 Å². The maximum Gasteiger partial charge on any atom is 0.345 e. The minimum absolute atomic E-state index is 0.343. The third-order valence-electron chi connectivity index (χ3n) is 6.54. The molecule has 0 aliphatic carbocycles. The second-order valence-corrected chi connectivity index (χ2v) is 8.50. The molecule has 0 saturated heterocycles. The van der Waals surface area contributed by atoms with Gasteiger partial charge in [-0.05, 0) is 29.7 Å². The molecular weight excluding hydrogens is 458 g/mol. The summed E-state index contributed by atoms with van der Waals surface area (Å²) >= 11 is 0. The highest BCUT2D eigenvalue weighted by Gasteiger charge is 2.19. The van der Waals surface area contributed by atoms with E-state index in [1.165, 1.54) is 7.11 Å². The number of methoxy groups -OCH3 is 2. The molecule has 0 atom stereocenters. The van der Waals surface area contributed by atoms with Gasteiger partial charge in [-0.3, -0.25) is 0 Å². The van der Waals surface area contributed by atoms with Gasteiger partial charge in [0.1, 0.15) is 22.7 Å². The zero-order valence-electron chi connectivity index (χ0n) is 19.8. The van der Waals surface area contributed by atoms with Crippen LogP contribution in [0.2, 0.25) is 0 Å². The molecule has 7 heteroatoms. The molecule has 0 radical (unpaired) electrons. The van der Waals surface area contributed by atoms with Gasteiger partial charge in [0.2, 0.25) is 0 Å². The molecule has 0 unspecified atom stereocenters. The molecule has 3 aromatic heterocycles. The van der Waals surface area contributed by atoms with Crippen molar-refractivity contribution in [2.75, 3.05) is 14.2 Å². The number of benzene rings is 3. The highest BCUT2D eigenvalue weighted by molar-refractivity contribution is 6.04. The van der Waals surface area contributed by atoms with Crippen molar-refractivity contribution in [2.45, 2.75) is 0 Å². The maximum atomic E-state index is 13.1. The number of fused-ring (bicyclic) bond motifs is 4. The lowest BCUT2D eigenvalue weighted by molar-refractivity contribution is 0.396. The van der Waals surface area contributed by atoms with Crippen LogP contribution in [0.4, 0.5) is 0 Å². The summed E-state index contributed by atoms with van der Waals surface area (Å²) in [6.07, 6.45) is 0. The molecule has 0 amide bonds. The first-order chi connectivity index (χ1) is 17.5. The highest BCUT2D eigenvalue weighted by atomic mass is 16.5. The van der Waals surface area contributed by atoms with E-state index in [1.807, 2.05) is 42.5 Å². The van der Waals surface area contributed by atoms with Crippen molar-refractivity contribution in [3.05, 3.63) is 93.6 Å². The third-order valence-corrected chi connectivity index (χ3v) is 6.54. The quantitative estimate of drug-likeness (QED) is 0.237. The SMILES string of the molecule is COc1cc(OC)c2cc(-c3ccc(-c4cc5ccc6ccccc6c5oc4=O)n3C)c(=O)oc2c1. The average molecular weight is 479 g/mol. The van der Waals surface area contributed by atoms with Gasteiger partial charge in [-0.15, -0.1) is 0 Å². The summed E-state index contributed by atoms with van der Waals surface area (Å²) < 4.78 is 23.9. The fourth-order valence-corrected chi connectivity index (χ4v) is 4.71. The molecule has 0 fully saturated rings. The summed E-state index contributed by atoms with van der Waals surface area (Å²) in [5, 5.41) is 3.33. The van der Waals surface area contributed by atoms with Crippen LogP contribution >= 0.6 is 0 Å². The lowest BCUT2D eigenvalue weighted by atomic mass is 10.1. The van der Waals surface area contributed by atoms with Crippen LogP contribution in [-0.4, -0.2) is 18.8 Å². The topological polar surface area (TPSA) is 83.8 Å². The first kappa shape index (κ1) is 21.7. The van der Waals surface area contributed by atoms with Gasteiger partial charge in [-0.1, -0.05) is 36.4 Å². The van der Waals surface area contributed by atoms with Crippen molar-refractivity contribution in [2.24, 2.45) is 7.05 Å². The summed E-state index contributed by atoms with van der Waals surface area (Å²) in [6, 6.07) is 22.2. The Morgan fingerprint density at radius 1 is 0.694 bits per heavy atom. The van der Waals surface area contributed by atoms with E-state index in [0.29, 0.717) is 50.6 Å². The normalized spacial score (nSPS) is 11.4. The number of rotatable bonds is 4. The molecule has 6 aromatic rings. The summed E-state index contributed by atoms with van der Waals surface area (Å²) in [7, 11) is 4.87. The Bertz CT molecular complexity index is 1930. The Balaban J connectivity index is 1.52. The van der Waals surface area contributed by atoms with E-state index in [2.05, 4.69) is 0 Å². The van der Waals surface area contributed by atoms with Crippen LogP contribution < -0.4 is 20.7 Å². The first-order valence-electron chi connectivity index (χ1n) is 11.3. The standard InChI is InChI=1S/C29H21NO6/c1-30-23(20-12-17-9-8-16-6-4-5-7-19(16)27(17)36-29(20)32)10-11-24(30)21-15-22-25(34-3)13-18(33-2)14-26(22)35-28(21)31/h4-15H,1-3H3. The second kappa shape index (κ2) is 8.16. The lowest BCUT2D eigenvalue weighted by Crippen LogP contribution is -2.09. The molecule has 3 heterocycles. The maximum absolute atomic E-state index is 13.1. The fourth-order valence-electron chi connectivity index (χ4n) is 4.71. The van der Waals surface area contributed by atoms with Crippen LogP contribution in [0.25, 0.3) is 55.2 Å². The Labute approximate surface area is 204 Å². The molecule has 36 heavy (non-hydrogen) atoms. The molecule has 0 spiro atoms. The number of ether oxygens (including phenoxy) is 2. The van der Waals surface area contributed by atoms with Gasteiger partial charge in [0.25, 0.3) is 0 Å². The van der Waals surface area contributed by atoms with Gasteiger partial charge >= 0.3 is 11.3 Å². The van der Waals surface area contributed by atoms with E-state index >= 15 is 0 Å². The van der Waals surface area contributed by atoms with E-state index in [0.717, 1.165) is 16.2 Å². The minimum atomic E-state index is -0.512. The molecule has 0 bridgehead atoms. The second-order valence-electron chi connectivity index (χ2n) is 8.50. The fraction of sp³-hybridized carbons (Fsp3) is 0.103. The van der Waals surface area contributed by atoms with Gasteiger partial charge in [0.15, 0.2) is 0 Å². The number of nitrogens with zero attached hydrogens (tertiary/aromatic N) is 1. The molecule has 0 aliphatic heterocycles. The predicted octanol–water partition coefficient (Wildman–Crippen LogP) is 5.74. The lowest BCUT2D eigenvalue weighted by Gasteiger charge is -2.11.